The average Bonchev–Trinajstić information content (AvgIpc) is 2.24. The summed E-state index contributed by atoms with van der Waals surface area (Å²) in [7, 11) is 0. The molecular formula is C11H12N2O2. The van der Waals surface area contributed by atoms with E-state index >= 15 is 0 Å². The molecule has 0 radical (unpaired) electrons. The van der Waals surface area contributed by atoms with Crippen LogP contribution in [0.1, 0.15) is 23.0 Å². The summed E-state index contributed by atoms with van der Waals surface area (Å²) in [6.07, 6.45) is 5.83. The van der Waals surface area contributed by atoms with E-state index in [9.17, 15) is 9.59 Å². The SMILES string of the molecule is CC(=O)NCC=Cc1ncccc1C=O. The number of aldehydes is 1. The number of rotatable bonds is 4. The fourth-order valence-electron chi connectivity index (χ4n) is 1.04. The highest BCUT2D eigenvalue weighted by atomic mass is 16.1. The minimum Gasteiger partial charge on any atom is -0.353 e. The number of hydrogen-bond donors (Lipinski definition) is 1. The molecular weight excluding hydrogens is 192 g/mol. The van der Waals surface area contributed by atoms with Crippen LogP contribution in [0.4, 0.5) is 0 Å². The Morgan fingerprint density at radius 3 is 3.07 bits per heavy atom. The third-order valence-electron chi connectivity index (χ3n) is 1.74. The van der Waals surface area contributed by atoms with Gasteiger partial charge in [0.15, 0.2) is 6.29 Å². The second kappa shape index (κ2) is 5.70. The summed E-state index contributed by atoms with van der Waals surface area (Å²) < 4.78 is 0. The molecule has 78 valence electrons. The van der Waals surface area contributed by atoms with Crippen molar-refractivity contribution in [2.24, 2.45) is 0 Å². The van der Waals surface area contributed by atoms with E-state index in [0.29, 0.717) is 17.8 Å². The van der Waals surface area contributed by atoms with Crippen LogP contribution in [0.25, 0.3) is 6.08 Å². The van der Waals surface area contributed by atoms with Crippen LogP contribution in [0.15, 0.2) is 24.4 Å². The summed E-state index contributed by atoms with van der Waals surface area (Å²) in [4.78, 5) is 25.2. The van der Waals surface area contributed by atoms with Crippen molar-refractivity contribution in [1.82, 2.24) is 10.3 Å². The van der Waals surface area contributed by atoms with Crippen molar-refractivity contribution in [3.63, 3.8) is 0 Å². The molecule has 0 aliphatic carbocycles. The molecule has 0 aliphatic heterocycles. The van der Waals surface area contributed by atoms with E-state index in [-0.39, 0.29) is 5.91 Å². The van der Waals surface area contributed by atoms with Crippen molar-refractivity contribution in [2.75, 3.05) is 6.54 Å². The number of nitrogens with one attached hydrogen (secondary N) is 1. The first-order chi connectivity index (χ1) is 7.24. The predicted octanol–water partition coefficient (Wildman–Crippen LogP) is 1.04. The molecule has 0 bridgehead atoms. The molecule has 15 heavy (non-hydrogen) atoms. The lowest BCUT2D eigenvalue weighted by molar-refractivity contribution is -0.118. The van der Waals surface area contributed by atoms with E-state index in [1.165, 1.54) is 6.92 Å². The van der Waals surface area contributed by atoms with Gasteiger partial charge in [-0.25, -0.2) is 0 Å². The highest BCUT2D eigenvalue weighted by Crippen LogP contribution is 2.03. The summed E-state index contributed by atoms with van der Waals surface area (Å²) >= 11 is 0. The first-order valence-electron chi connectivity index (χ1n) is 4.55. The van der Waals surface area contributed by atoms with Gasteiger partial charge in [0.05, 0.1) is 5.69 Å². The van der Waals surface area contributed by atoms with Crippen LogP contribution in [0, 0.1) is 0 Å². The minimum absolute atomic E-state index is 0.0868. The lowest BCUT2D eigenvalue weighted by Gasteiger charge is -1.97. The van der Waals surface area contributed by atoms with Crippen molar-refractivity contribution in [3.8, 4) is 0 Å². The van der Waals surface area contributed by atoms with Crippen LogP contribution < -0.4 is 5.32 Å². The van der Waals surface area contributed by atoms with E-state index in [2.05, 4.69) is 10.3 Å². The summed E-state index contributed by atoms with van der Waals surface area (Å²) in [5.41, 5.74) is 1.15. The summed E-state index contributed by atoms with van der Waals surface area (Å²) in [5, 5.41) is 2.61. The van der Waals surface area contributed by atoms with Crippen molar-refractivity contribution in [1.29, 1.82) is 0 Å². The molecule has 0 saturated carbocycles. The fourth-order valence-corrected chi connectivity index (χ4v) is 1.04. The maximum atomic E-state index is 10.6. The molecule has 1 rings (SSSR count). The topological polar surface area (TPSA) is 59.1 Å². The molecule has 0 aromatic carbocycles. The van der Waals surface area contributed by atoms with E-state index < -0.39 is 0 Å². The third kappa shape index (κ3) is 3.72. The van der Waals surface area contributed by atoms with Gasteiger partial charge < -0.3 is 5.32 Å². The highest BCUT2D eigenvalue weighted by molar-refractivity contribution is 5.80. The van der Waals surface area contributed by atoms with Crippen LogP contribution >= 0.6 is 0 Å². The van der Waals surface area contributed by atoms with Gasteiger partial charge in [0.1, 0.15) is 0 Å². The monoisotopic (exact) mass is 204 g/mol. The number of pyridine rings is 1. The Kier molecular flexibility index (Phi) is 4.22. The number of aromatic nitrogens is 1. The number of nitrogens with zero attached hydrogens (tertiary/aromatic N) is 1. The second-order valence-electron chi connectivity index (χ2n) is 2.94. The Balaban J connectivity index is 2.63. The molecule has 0 spiro atoms. The van der Waals surface area contributed by atoms with Crippen molar-refractivity contribution >= 4 is 18.3 Å². The number of hydrogen-bond acceptors (Lipinski definition) is 3. The van der Waals surface area contributed by atoms with Gasteiger partial charge in [-0.05, 0) is 18.2 Å². The Morgan fingerprint density at radius 1 is 1.60 bits per heavy atom. The molecule has 1 amide bonds. The van der Waals surface area contributed by atoms with Crippen LogP contribution in [-0.2, 0) is 4.79 Å². The molecule has 1 aromatic heterocycles. The molecule has 1 N–H and O–H groups in total. The van der Waals surface area contributed by atoms with Crippen LogP contribution in [0.5, 0.6) is 0 Å². The van der Waals surface area contributed by atoms with Crippen LogP contribution in [0.3, 0.4) is 0 Å². The quantitative estimate of drug-likeness (QED) is 0.745. The molecule has 0 unspecified atom stereocenters. The normalized spacial score (nSPS) is 10.2. The number of carbonyl (C=O) groups is 2. The Hall–Kier alpha value is -1.97. The van der Waals surface area contributed by atoms with Crippen molar-refractivity contribution < 1.29 is 9.59 Å². The van der Waals surface area contributed by atoms with E-state index in [0.717, 1.165) is 6.29 Å². The lowest BCUT2D eigenvalue weighted by Crippen LogP contribution is -2.19. The largest absolute Gasteiger partial charge is 0.353 e. The first-order valence-corrected chi connectivity index (χ1v) is 4.55. The van der Waals surface area contributed by atoms with Gasteiger partial charge in [-0.1, -0.05) is 6.08 Å². The standard InChI is InChI=1S/C11H12N2O2/c1-9(15)12-6-3-5-11-10(8-14)4-2-7-13-11/h2-5,7-8H,6H2,1H3,(H,12,15). The first kappa shape index (κ1) is 11.1. The van der Waals surface area contributed by atoms with Crippen molar-refractivity contribution in [2.45, 2.75) is 6.92 Å². The molecule has 4 nitrogen and oxygen atoms in total. The fraction of sp³-hybridized carbons (Fsp3) is 0.182. The van der Waals surface area contributed by atoms with Gasteiger partial charge in [0, 0.05) is 25.2 Å². The van der Waals surface area contributed by atoms with E-state index in [4.69, 9.17) is 0 Å². The maximum absolute atomic E-state index is 10.6. The van der Waals surface area contributed by atoms with Gasteiger partial charge in [0.25, 0.3) is 0 Å². The third-order valence-corrected chi connectivity index (χ3v) is 1.74. The molecule has 0 aliphatic rings. The van der Waals surface area contributed by atoms with Crippen LogP contribution in [0.2, 0.25) is 0 Å². The van der Waals surface area contributed by atoms with Crippen LogP contribution in [-0.4, -0.2) is 23.7 Å². The number of amides is 1. The molecule has 1 heterocycles. The summed E-state index contributed by atoms with van der Waals surface area (Å²) in [6, 6.07) is 3.40. The summed E-state index contributed by atoms with van der Waals surface area (Å²) in [5.74, 6) is -0.0868. The zero-order chi connectivity index (χ0) is 11.1. The molecule has 1 aromatic rings. The van der Waals surface area contributed by atoms with Gasteiger partial charge in [-0.2, -0.15) is 0 Å². The molecule has 0 saturated heterocycles. The smallest absolute Gasteiger partial charge is 0.217 e. The van der Waals surface area contributed by atoms with E-state index in [1.54, 1.807) is 30.5 Å². The van der Waals surface area contributed by atoms with Crippen molar-refractivity contribution in [3.05, 3.63) is 35.7 Å². The van der Waals surface area contributed by atoms with Gasteiger partial charge in [-0.3, -0.25) is 14.6 Å². The maximum Gasteiger partial charge on any atom is 0.217 e. The summed E-state index contributed by atoms with van der Waals surface area (Å²) in [6.45, 7) is 1.88. The zero-order valence-corrected chi connectivity index (χ0v) is 8.43. The minimum atomic E-state index is -0.0868. The molecule has 0 atom stereocenters. The lowest BCUT2D eigenvalue weighted by atomic mass is 10.2. The zero-order valence-electron chi connectivity index (χ0n) is 8.43. The van der Waals surface area contributed by atoms with Gasteiger partial charge in [-0.15, -0.1) is 0 Å². The number of carbonyl (C=O) groups excluding carboxylic acids is 2. The van der Waals surface area contributed by atoms with Gasteiger partial charge in [0.2, 0.25) is 5.91 Å². The Morgan fingerprint density at radius 2 is 2.40 bits per heavy atom. The Bertz CT molecular complexity index is 386. The van der Waals surface area contributed by atoms with E-state index in [1.807, 2.05) is 0 Å². The predicted molar refractivity (Wildman–Crippen MR) is 57.3 cm³/mol. The molecule has 4 heteroatoms. The molecule has 0 fully saturated rings. The second-order valence-corrected chi connectivity index (χ2v) is 2.94. The highest BCUT2D eigenvalue weighted by Gasteiger charge is 1.96. The Labute approximate surface area is 88.0 Å². The average molecular weight is 204 g/mol. The van der Waals surface area contributed by atoms with Gasteiger partial charge >= 0.3 is 0 Å².